The molecule has 0 radical (unpaired) electrons. The lowest BCUT2D eigenvalue weighted by Gasteiger charge is -1.90. The van der Waals surface area contributed by atoms with Crippen molar-refractivity contribution in [2.45, 2.75) is 6.92 Å². The number of nitrogens with two attached hydrogens (primary N) is 1. The predicted molar refractivity (Wildman–Crippen MR) is 44.9 cm³/mol. The van der Waals surface area contributed by atoms with Crippen molar-refractivity contribution in [2.24, 2.45) is 5.73 Å². The molecule has 0 amide bonds. The van der Waals surface area contributed by atoms with Gasteiger partial charge >= 0.3 is 0 Å². The van der Waals surface area contributed by atoms with Gasteiger partial charge in [-0.3, -0.25) is 0 Å². The zero-order valence-electron chi connectivity index (χ0n) is 6.46. The molecule has 56 valence electrons. The first-order valence-electron chi connectivity index (χ1n) is 3.44. The van der Waals surface area contributed by atoms with Crippen molar-refractivity contribution < 1.29 is 0 Å². The molecule has 0 bridgehead atoms. The zero-order valence-corrected chi connectivity index (χ0v) is 6.46. The number of aromatic nitrogens is 1. The van der Waals surface area contributed by atoms with Gasteiger partial charge in [0, 0.05) is 6.20 Å². The van der Waals surface area contributed by atoms with Crippen LogP contribution in [0.5, 0.6) is 0 Å². The van der Waals surface area contributed by atoms with Crippen LogP contribution in [0.4, 0.5) is 0 Å². The quantitative estimate of drug-likeness (QED) is 0.547. The first kappa shape index (κ1) is 7.77. The largest absolute Gasteiger partial charge is 0.320 e. The van der Waals surface area contributed by atoms with Crippen LogP contribution < -0.4 is 5.73 Å². The van der Waals surface area contributed by atoms with E-state index in [1.54, 1.807) is 6.20 Å². The minimum absolute atomic E-state index is 0.385. The molecule has 0 fully saturated rings. The molecular weight excluding hydrogens is 136 g/mol. The first-order valence-corrected chi connectivity index (χ1v) is 3.44. The Balaban J connectivity index is 2.87. The van der Waals surface area contributed by atoms with E-state index < -0.39 is 0 Å². The van der Waals surface area contributed by atoms with Gasteiger partial charge in [0.25, 0.3) is 0 Å². The second-order valence-corrected chi connectivity index (χ2v) is 2.22. The Morgan fingerprint density at radius 1 is 1.64 bits per heavy atom. The third-order valence-corrected chi connectivity index (χ3v) is 1.23. The maximum atomic E-state index is 5.21. The summed E-state index contributed by atoms with van der Waals surface area (Å²) in [5.41, 5.74) is 7.17. The van der Waals surface area contributed by atoms with E-state index >= 15 is 0 Å². The lowest BCUT2D eigenvalue weighted by molar-refractivity contribution is 1.24. The molecule has 1 rings (SSSR count). The molecule has 0 aromatic carbocycles. The number of pyridine rings is 1. The SMILES string of the molecule is Cc1ccnc(C#CCN)c1. The van der Waals surface area contributed by atoms with E-state index in [2.05, 4.69) is 16.8 Å². The van der Waals surface area contributed by atoms with Crippen LogP contribution >= 0.6 is 0 Å². The summed E-state index contributed by atoms with van der Waals surface area (Å²) in [6.07, 6.45) is 1.75. The van der Waals surface area contributed by atoms with E-state index in [4.69, 9.17) is 5.73 Å². The Labute approximate surface area is 66.4 Å². The highest BCUT2D eigenvalue weighted by atomic mass is 14.6. The van der Waals surface area contributed by atoms with Crippen LogP contribution in [0.25, 0.3) is 0 Å². The number of hydrogen-bond donors (Lipinski definition) is 1. The minimum Gasteiger partial charge on any atom is -0.320 e. The van der Waals surface area contributed by atoms with Gasteiger partial charge in [-0.25, -0.2) is 4.98 Å². The minimum atomic E-state index is 0.385. The maximum Gasteiger partial charge on any atom is 0.113 e. The fourth-order valence-electron chi connectivity index (χ4n) is 0.746. The standard InChI is InChI=1S/C9H10N2/c1-8-4-6-11-9(7-8)3-2-5-10/h4,6-7H,5,10H2,1H3. The van der Waals surface area contributed by atoms with Crippen LogP contribution in [0.2, 0.25) is 0 Å². The van der Waals surface area contributed by atoms with Crippen LogP contribution in [0.3, 0.4) is 0 Å². The Bertz CT molecular complexity index is 294. The van der Waals surface area contributed by atoms with Gasteiger partial charge in [-0.1, -0.05) is 5.92 Å². The molecule has 0 saturated heterocycles. The monoisotopic (exact) mass is 146 g/mol. The van der Waals surface area contributed by atoms with Crippen LogP contribution in [0, 0.1) is 18.8 Å². The van der Waals surface area contributed by atoms with E-state index in [1.165, 1.54) is 5.56 Å². The Morgan fingerprint density at radius 3 is 3.09 bits per heavy atom. The second-order valence-electron chi connectivity index (χ2n) is 2.22. The number of aryl methyl sites for hydroxylation is 1. The van der Waals surface area contributed by atoms with Gasteiger partial charge in [0.2, 0.25) is 0 Å². The van der Waals surface area contributed by atoms with Crippen LogP contribution in [0.15, 0.2) is 18.3 Å². The van der Waals surface area contributed by atoms with E-state index in [0.717, 1.165) is 5.69 Å². The van der Waals surface area contributed by atoms with Gasteiger partial charge in [0.05, 0.1) is 6.54 Å². The average molecular weight is 146 g/mol. The lowest BCUT2D eigenvalue weighted by Crippen LogP contribution is -1.93. The van der Waals surface area contributed by atoms with Gasteiger partial charge in [0.1, 0.15) is 5.69 Å². The topological polar surface area (TPSA) is 38.9 Å². The molecule has 0 spiro atoms. The molecule has 0 saturated carbocycles. The first-order chi connectivity index (χ1) is 5.33. The summed E-state index contributed by atoms with van der Waals surface area (Å²) in [6.45, 7) is 2.39. The summed E-state index contributed by atoms with van der Waals surface area (Å²) in [6, 6.07) is 3.87. The van der Waals surface area contributed by atoms with Gasteiger partial charge in [-0.2, -0.15) is 0 Å². The summed E-state index contributed by atoms with van der Waals surface area (Å²) < 4.78 is 0. The van der Waals surface area contributed by atoms with E-state index in [9.17, 15) is 0 Å². The Hall–Kier alpha value is -1.33. The van der Waals surface area contributed by atoms with Crippen molar-refractivity contribution >= 4 is 0 Å². The molecular formula is C9H10N2. The molecule has 0 unspecified atom stereocenters. The second kappa shape index (κ2) is 3.75. The molecule has 1 aromatic heterocycles. The molecule has 1 aromatic rings. The fourth-order valence-corrected chi connectivity index (χ4v) is 0.746. The average Bonchev–Trinajstić information content (AvgIpc) is 2.01. The van der Waals surface area contributed by atoms with Crippen molar-refractivity contribution in [3.63, 3.8) is 0 Å². The number of nitrogens with zero attached hydrogens (tertiary/aromatic N) is 1. The Morgan fingerprint density at radius 2 is 2.45 bits per heavy atom. The molecule has 0 aliphatic carbocycles. The summed E-state index contributed by atoms with van der Waals surface area (Å²) in [4.78, 5) is 4.05. The van der Waals surface area contributed by atoms with Gasteiger partial charge < -0.3 is 5.73 Å². The van der Waals surface area contributed by atoms with Crippen molar-refractivity contribution in [2.75, 3.05) is 6.54 Å². The Kier molecular flexibility index (Phi) is 2.65. The smallest absolute Gasteiger partial charge is 0.113 e. The summed E-state index contributed by atoms with van der Waals surface area (Å²) in [5, 5.41) is 0. The van der Waals surface area contributed by atoms with Crippen LogP contribution in [0.1, 0.15) is 11.3 Å². The van der Waals surface area contributed by atoms with Crippen molar-refractivity contribution in [3.8, 4) is 11.8 Å². The predicted octanol–water partition coefficient (Wildman–Crippen LogP) is 0.700. The van der Waals surface area contributed by atoms with E-state index in [-0.39, 0.29) is 0 Å². The third kappa shape index (κ3) is 2.40. The van der Waals surface area contributed by atoms with Crippen LogP contribution in [-0.4, -0.2) is 11.5 Å². The number of rotatable bonds is 0. The third-order valence-electron chi connectivity index (χ3n) is 1.23. The molecule has 11 heavy (non-hydrogen) atoms. The molecule has 0 aliphatic heterocycles. The zero-order chi connectivity index (χ0) is 8.10. The molecule has 2 nitrogen and oxygen atoms in total. The normalized spacial score (nSPS) is 8.55. The van der Waals surface area contributed by atoms with Crippen molar-refractivity contribution in [1.29, 1.82) is 0 Å². The summed E-state index contributed by atoms with van der Waals surface area (Å²) in [5.74, 6) is 5.61. The molecule has 2 heteroatoms. The van der Waals surface area contributed by atoms with Crippen molar-refractivity contribution in [1.82, 2.24) is 4.98 Å². The van der Waals surface area contributed by atoms with E-state index in [1.807, 2.05) is 19.1 Å². The van der Waals surface area contributed by atoms with Crippen LogP contribution in [-0.2, 0) is 0 Å². The molecule has 1 heterocycles. The molecule has 2 N–H and O–H groups in total. The lowest BCUT2D eigenvalue weighted by atomic mass is 10.2. The summed E-state index contributed by atoms with van der Waals surface area (Å²) in [7, 11) is 0. The van der Waals surface area contributed by atoms with Gasteiger partial charge in [-0.05, 0) is 30.5 Å². The van der Waals surface area contributed by atoms with Gasteiger partial charge in [-0.15, -0.1) is 0 Å². The highest BCUT2D eigenvalue weighted by Crippen LogP contribution is 1.96. The maximum absolute atomic E-state index is 5.21. The van der Waals surface area contributed by atoms with Crippen molar-refractivity contribution in [3.05, 3.63) is 29.6 Å². The summed E-state index contributed by atoms with van der Waals surface area (Å²) >= 11 is 0. The fraction of sp³-hybridized carbons (Fsp3) is 0.222. The molecule has 0 atom stereocenters. The molecule has 0 aliphatic rings. The highest BCUT2D eigenvalue weighted by Gasteiger charge is 1.86. The van der Waals surface area contributed by atoms with E-state index in [0.29, 0.717) is 6.54 Å². The van der Waals surface area contributed by atoms with Gasteiger partial charge in [0.15, 0.2) is 0 Å². The number of hydrogen-bond acceptors (Lipinski definition) is 2. The highest BCUT2D eigenvalue weighted by molar-refractivity contribution is 5.30.